The van der Waals surface area contributed by atoms with Gasteiger partial charge < -0.3 is 20.5 Å². The van der Waals surface area contributed by atoms with Gasteiger partial charge in [-0.2, -0.15) is 69.4 Å². The number of hydrogen-bond acceptors (Lipinski definition) is 10. The second-order valence-electron chi connectivity index (χ2n) is 27.0. The van der Waals surface area contributed by atoms with Crippen molar-refractivity contribution in [1.29, 1.82) is 0 Å². The number of ether oxygens (including phenoxy) is 2. The number of halogens is 10. The molecule has 26 heteroatoms. The number of aromatic nitrogens is 10. The highest BCUT2D eigenvalue weighted by molar-refractivity contribution is 5.93. The molecular weight excluding hydrogens is 1210 g/mol. The van der Waals surface area contributed by atoms with Gasteiger partial charge in [0.05, 0.1) is 36.9 Å². The van der Waals surface area contributed by atoms with E-state index in [0.29, 0.717) is 77.7 Å². The first-order valence-electron chi connectivity index (χ1n) is 31.4. The van der Waals surface area contributed by atoms with Crippen LogP contribution in [-0.2, 0) is 79.4 Å². The van der Waals surface area contributed by atoms with Gasteiger partial charge in [-0.3, -0.25) is 33.1 Å². The number of benzene rings is 1. The third-order valence-electron chi connectivity index (χ3n) is 16.1. The fourth-order valence-corrected chi connectivity index (χ4v) is 12.2. The average molecular weight is 1310 g/mol. The summed E-state index contributed by atoms with van der Waals surface area (Å²) < 4.78 is 147. The van der Waals surface area contributed by atoms with Crippen LogP contribution in [0.4, 0.5) is 49.6 Å². The molecule has 2 aliphatic carbocycles. The molecule has 3 aliphatic heterocycles. The highest BCUT2D eigenvalue weighted by Crippen LogP contribution is 2.57. The number of carbonyl (C=O) groups excluding carboxylic acids is 1. The van der Waals surface area contributed by atoms with Gasteiger partial charge >= 0.3 is 12.4 Å². The molecule has 1 aromatic carbocycles. The molecule has 8 heterocycles. The largest absolute Gasteiger partial charge is 0.433 e. The summed E-state index contributed by atoms with van der Waals surface area (Å²) in [5.74, 6) is -3.28. The predicted molar refractivity (Wildman–Crippen MR) is 334 cm³/mol. The zero-order chi connectivity index (χ0) is 69.3. The van der Waals surface area contributed by atoms with Crippen molar-refractivity contribution in [1.82, 2.24) is 53.8 Å². The number of hydrogen-bond donors (Lipinski definition) is 2. The Balaban J connectivity index is 0.000000175. The molecule has 0 saturated heterocycles. The Bertz CT molecular complexity index is 3510. The van der Waals surface area contributed by atoms with Crippen LogP contribution in [0, 0.1) is 31.6 Å². The van der Waals surface area contributed by atoms with Crippen molar-refractivity contribution in [3.05, 3.63) is 127 Å². The summed E-state index contributed by atoms with van der Waals surface area (Å²) >= 11 is 0. The molecule has 0 radical (unpaired) electrons. The van der Waals surface area contributed by atoms with Crippen molar-refractivity contribution in [3.63, 3.8) is 0 Å². The molecule has 1 amide bonds. The quantitative estimate of drug-likeness (QED) is 0.106. The van der Waals surface area contributed by atoms with Gasteiger partial charge in [0.1, 0.15) is 22.8 Å². The zero-order valence-corrected chi connectivity index (χ0v) is 56.9. The van der Waals surface area contributed by atoms with Gasteiger partial charge in [-0.1, -0.05) is 52.0 Å². The van der Waals surface area contributed by atoms with Gasteiger partial charge in [0.25, 0.3) is 17.8 Å². The highest BCUT2D eigenvalue weighted by Gasteiger charge is 2.50. The molecule has 11 rings (SSSR count). The van der Waals surface area contributed by atoms with Crippen molar-refractivity contribution in [2.45, 2.75) is 243 Å². The molecule has 3 atom stereocenters. The van der Waals surface area contributed by atoms with Crippen molar-refractivity contribution in [2.75, 3.05) is 19.5 Å². The maximum absolute atomic E-state index is 13.2. The van der Waals surface area contributed by atoms with Crippen molar-refractivity contribution in [3.8, 4) is 0 Å². The Labute approximate surface area is 534 Å². The van der Waals surface area contributed by atoms with Gasteiger partial charge in [-0.15, -0.1) is 0 Å². The smallest absolute Gasteiger partial charge is 0.378 e. The maximum atomic E-state index is 13.2. The molecule has 6 aromatic rings. The Morgan fingerprint density at radius 2 is 1.17 bits per heavy atom. The van der Waals surface area contributed by atoms with E-state index in [0.717, 1.165) is 58.9 Å². The minimum atomic E-state index is -4.36. The number of primary amides is 1. The molecule has 0 spiro atoms. The SMILES string of the molecule is C=C1Nc2c(C)cc(C)cc2C1C(C)C.CC(C)Cc1cc(C(C)(F)F)nn1C(C)C.CC(C)n1nc(C(N)=O)c2c1CC1CC21.CC(C)n1nc2c(c1C(F)(F)F)CN(C)C2.CC(C)n1nc2c(c1C(F)(F)F)COC2.COCc1cc(C(C)(F)F)nn1C(C)C. The van der Waals surface area contributed by atoms with E-state index < -0.39 is 35.6 Å². The first-order chi connectivity index (χ1) is 42.4. The minimum absolute atomic E-state index is 0.0108. The summed E-state index contributed by atoms with van der Waals surface area (Å²) in [5, 5.41) is 23.7. The third kappa shape index (κ3) is 17.4. The fraction of sp³-hybridized carbons (Fsp3) is 0.636. The number of carbonyl (C=O) groups is 1. The van der Waals surface area contributed by atoms with Gasteiger partial charge in [-0.05, 0) is 156 Å². The summed E-state index contributed by atoms with van der Waals surface area (Å²) in [5.41, 5.74) is 16.3. The van der Waals surface area contributed by atoms with Crippen LogP contribution in [0.3, 0.4) is 0 Å². The van der Waals surface area contributed by atoms with Crippen molar-refractivity contribution < 1.29 is 58.2 Å². The standard InChI is InChI=1S/C14H19N.C12H20F2N2.C11H15N3O.C10H14F3N3.C10H16F2N2O.C9H11F3N2O/c1-8(2)13-11(5)15-14-10(4)6-9(3)7-12(13)14;1-8(2)6-10-7-11(12(5,13)14)15-16(10)9(3)4;1-5(2)14-8-4-6-3-7(6)9(8)10(13-14)11(12)15;1-6(2)16-9(10(11,12)13)7-4-15(3)5-8(7)14-16;1-7(2)14-8(6-15-4)5-9(13-14)10(3,11)12;1-5(2)14-8(9(10,11)12)6-3-15-4-7(6)13-14/h6-8,13,15H,5H2,1-4H3;7-9H,6H2,1-5H3;5-7H,3-4H2,1-2H3,(H2,12,15);6H,4-5H2,1-3H3;5,7H,6H2,1-4H3;5H,3-4H2,1-2H3. The first kappa shape index (κ1) is 74.5. The monoisotopic (exact) mass is 1310 g/mol. The number of anilines is 1. The number of alkyl halides is 10. The molecule has 1 fully saturated rings. The number of rotatable bonds is 13. The lowest BCUT2D eigenvalue weighted by Crippen LogP contribution is -2.20. The normalized spacial score (nSPS) is 17.4. The number of fused-ring (bicyclic) bond motifs is 6. The molecular formula is C66H95F10N13O3. The van der Waals surface area contributed by atoms with E-state index in [2.05, 4.69) is 105 Å². The van der Waals surface area contributed by atoms with E-state index in [1.165, 1.54) is 53.7 Å². The molecule has 92 heavy (non-hydrogen) atoms. The zero-order valence-electron chi connectivity index (χ0n) is 56.9. The van der Waals surface area contributed by atoms with Crippen LogP contribution in [0.25, 0.3) is 0 Å². The summed E-state index contributed by atoms with van der Waals surface area (Å²) in [6.07, 6.45) is -5.61. The second kappa shape index (κ2) is 29.0. The van der Waals surface area contributed by atoms with E-state index in [4.69, 9.17) is 15.2 Å². The van der Waals surface area contributed by atoms with Crippen LogP contribution in [0.1, 0.15) is 254 Å². The molecule has 5 aromatic heterocycles. The second-order valence-corrected chi connectivity index (χ2v) is 27.0. The van der Waals surface area contributed by atoms with Crippen LogP contribution in [-0.4, -0.2) is 73.9 Å². The number of methoxy groups -OCH3 is 1. The molecule has 16 nitrogen and oxygen atoms in total. The van der Waals surface area contributed by atoms with Gasteiger partial charge in [-0.25, -0.2) is 0 Å². The Hall–Kier alpha value is -6.54. The Kier molecular flexibility index (Phi) is 23.5. The number of nitrogens with two attached hydrogens (primary N) is 1. The molecule has 1 saturated carbocycles. The number of nitrogens with one attached hydrogen (secondary N) is 1. The van der Waals surface area contributed by atoms with Crippen LogP contribution >= 0.6 is 0 Å². The molecule has 3 unspecified atom stereocenters. The van der Waals surface area contributed by atoms with Crippen molar-refractivity contribution >= 4 is 11.6 Å². The highest BCUT2D eigenvalue weighted by atomic mass is 19.4. The van der Waals surface area contributed by atoms with Crippen LogP contribution in [0.2, 0.25) is 0 Å². The fourth-order valence-electron chi connectivity index (χ4n) is 12.2. The number of nitrogens with zero attached hydrogens (tertiary/aromatic N) is 11. The Morgan fingerprint density at radius 3 is 1.64 bits per heavy atom. The number of aryl methyl sites for hydroxylation is 2. The average Bonchev–Trinajstić information content (AvgIpc) is 1.56. The Morgan fingerprint density at radius 1 is 0.674 bits per heavy atom. The van der Waals surface area contributed by atoms with E-state index in [1.807, 2.05) is 37.3 Å². The maximum Gasteiger partial charge on any atom is 0.433 e. The topological polar surface area (TPSA) is 166 Å². The lowest BCUT2D eigenvalue weighted by molar-refractivity contribution is -0.146. The van der Waals surface area contributed by atoms with Crippen LogP contribution in [0.15, 0.2) is 36.5 Å². The summed E-state index contributed by atoms with van der Waals surface area (Å²) in [4.78, 5) is 13.1. The number of allylic oxidation sites excluding steroid dienone is 1. The lowest BCUT2D eigenvalue weighted by Gasteiger charge is -2.16. The van der Waals surface area contributed by atoms with Gasteiger partial charge in [0.2, 0.25) is 0 Å². The predicted octanol–water partition coefficient (Wildman–Crippen LogP) is 16.6. The molecule has 5 aliphatic rings. The van der Waals surface area contributed by atoms with Crippen molar-refractivity contribution in [2.24, 2.45) is 23.5 Å². The van der Waals surface area contributed by atoms with E-state index >= 15 is 0 Å². The van der Waals surface area contributed by atoms with Gasteiger partial charge in [0.15, 0.2) is 5.69 Å². The summed E-state index contributed by atoms with van der Waals surface area (Å²) in [6.45, 7) is 38.8. The molecule has 0 bridgehead atoms. The van der Waals surface area contributed by atoms with E-state index in [1.54, 1.807) is 44.1 Å². The summed E-state index contributed by atoms with van der Waals surface area (Å²) in [7, 11) is 3.32. The van der Waals surface area contributed by atoms with Gasteiger partial charge in [0, 0.05) is 110 Å². The van der Waals surface area contributed by atoms with Crippen LogP contribution < -0.4 is 11.1 Å². The summed E-state index contributed by atoms with van der Waals surface area (Å²) in [6, 6.07) is 7.34. The lowest BCUT2D eigenvalue weighted by atomic mass is 9.87. The first-order valence-corrected chi connectivity index (χ1v) is 31.4. The van der Waals surface area contributed by atoms with Crippen LogP contribution in [0.5, 0.6) is 0 Å². The molecule has 3 N–H and O–H groups in total. The minimum Gasteiger partial charge on any atom is -0.378 e. The van der Waals surface area contributed by atoms with E-state index in [-0.39, 0.29) is 60.2 Å². The van der Waals surface area contributed by atoms with E-state index in [9.17, 15) is 48.7 Å². The third-order valence-corrected chi connectivity index (χ3v) is 16.1. The molecule has 512 valence electrons. The number of amides is 1.